The van der Waals surface area contributed by atoms with Gasteiger partial charge in [0.15, 0.2) is 0 Å². The first kappa shape index (κ1) is 13.4. The maximum atomic E-state index is 10.8. The Labute approximate surface area is 99.9 Å². The molecule has 0 spiro atoms. The van der Waals surface area contributed by atoms with Gasteiger partial charge >= 0.3 is 0 Å². The van der Waals surface area contributed by atoms with Gasteiger partial charge in [-0.05, 0) is 19.9 Å². The van der Waals surface area contributed by atoms with Crippen LogP contribution in [0.1, 0.15) is 25.7 Å². The number of carbonyl (C=O) groups is 1. The second-order valence-electron chi connectivity index (χ2n) is 4.08. The van der Waals surface area contributed by atoms with Gasteiger partial charge in [-0.3, -0.25) is 4.79 Å². The number of primary amides is 1. The molecule has 1 saturated heterocycles. The highest BCUT2D eigenvalue weighted by atomic mass is 32.2. The lowest BCUT2D eigenvalue weighted by atomic mass is 10.0. The van der Waals surface area contributed by atoms with Gasteiger partial charge in [0, 0.05) is 23.5 Å². The summed E-state index contributed by atoms with van der Waals surface area (Å²) in [6.45, 7) is 0. The van der Waals surface area contributed by atoms with Crippen molar-refractivity contribution >= 4 is 17.7 Å². The highest BCUT2D eigenvalue weighted by Gasteiger charge is 2.36. The first-order valence-corrected chi connectivity index (χ1v) is 6.63. The standard InChI is InChI=1S/C10H19N3O2S/c1-12-7-6-16-8(10(7)13-15)4-2-3-5-9(11)14/h7-8,10,12H,2-6H2,1H3,(H2,11,14)/t7?,8-,10?/m1/s1. The highest BCUT2D eigenvalue weighted by molar-refractivity contribution is 8.00. The Bertz CT molecular complexity index is 250. The second kappa shape index (κ2) is 6.85. The summed E-state index contributed by atoms with van der Waals surface area (Å²) < 4.78 is 0. The molecule has 0 aromatic rings. The summed E-state index contributed by atoms with van der Waals surface area (Å²) in [5, 5.41) is 6.62. The molecule has 0 saturated carbocycles. The average Bonchev–Trinajstić information content (AvgIpc) is 2.66. The van der Waals surface area contributed by atoms with Crippen LogP contribution in [-0.4, -0.2) is 36.0 Å². The minimum Gasteiger partial charge on any atom is -0.370 e. The van der Waals surface area contributed by atoms with Gasteiger partial charge in [0.25, 0.3) is 0 Å². The number of carbonyl (C=O) groups excluding carboxylic acids is 1. The van der Waals surface area contributed by atoms with Crippen molar-refractivity contribution in [3.05, 3.63) is 4.91 Å². The van der Waals surface area contributed by atoms with Crippen LogP contribution in [0.5, 0.6) is 0 Å². The number of nitrogens with one attached hydrogen (secondary N) is 1. The van der Waals surface area contributed by atoms with Crippen molar-refractivity contribution in [2.45, 2.75) is 43.0 Å². The van der Waals surface area contributed by atoms with Gasteiger partial charge in [0.05, 0.1) is 0 Å². The molecule has 6 heteroatoms. The fourth-order valence-electron chi connectivity index (χ4n) is 1.98. The van der Waals surface area contributed by atoms with Crippen LogP contribution in [0.4, 0.5) is 0 Å². The number of thioether (sulfide) groups is 1. The lowest BCUT2D eigenvalue weighted by Gasteiger charge is -2.16. The third-order valence-electron chi connectivity index (χ3n) is 2.94. The van der Waals surface area contributed by atoms with Crippen molar-refractivity contribution in [1.29, 1.82) is 0 Å². The van der Waals surface area contributed by atoms with Crippen LogP contribution < -0.4 is 11.1 Å². The summed E-state index contributed by atoms with van der Waals surface area (Å²) in [6.07, 6.45) is 3.11. The number of hydrogen-bond acceptors (Lipinski definition) is 5. The first-order chi connectivity index (χ1) is 7.69. The van der Waals surface area contributed by atoms with Crippen molar-refractivity contribution in [1.82, 2.24) is 5.32 Å². The topological polar surface area (TPSA) is 84.5 Å². The molecule has 16 heavy (non-hydrogen) atoms. The van der Waals surface area contributed by atoms with Crippen molar-refractivity contribution in [3.63, 3.8) is 0 Å². The number of nitroso groups, excluding NO2 is 1. The number of likely N-dealkylation sites (N-methyl/N-ethyl adjacent to an activating group) is 1. The monoisotopic (exact) mass is 245 g/mol. The van der Waals surface area contributed by atoms with E-state index in [0.717, 1.165) is 25.0 Å². The van der Waals surface area contributed by atoms with Crippen LogP contribution in [0.25, 0.3) is 0 Å². The molecule has 0 aromatic carbocycles. The van der Waals surface area contributed by atoms with Gasteiger partial charge in [-0.15, -0.1) is 0 Å². The van der Waals surface area contributed by atoms with Crippen LogP contribution in [0.15, 0.2) is 5.18 Å². The van der Waals surface area contributed by atoms with E-state index < -0.39 is 0 Å². The zero-order valence-electron chi connectivity index (χ0n) is 9.52. The predicted octanol–water partition coefficient (Wildman–Crippen LogP) is 0.870. The lowest BCUT2D eigenvalue weighted by Crippen LogP contribution is -2.37. The smallest absolute Gasteiger partial charge is 0.217 e. The molecule has 3 N–H and O–H groups in total. The predicted molar refractivity (Wildman–Crippen MR) is 66.3 cm³/mol. The SMILES string of the molecule is CNC1CS[C@H](CCCCC(N)=O)C1N=O. The molecule has 1 aliphatic heterocycles. The summed E-state index contributed by atoms with van der Waals surface area (Å²) in [4.78, 5) is 21.3. The number of amides is 1. The van der Waals surface area contributed by atoms with Gasteiger partial charge in [-0.1, -0.05) is 11.6 Å². The van der Waals surface area contributed by atoms with Crippen LogP contribution >= 0.6 is 11.8 Å². The van der Waals surface area contributed by atoms with Crippen molar-refractivity contribution in [2.75, 3.05) is 12.8 Å². The molecule has 0 radical (unpaired) electrons. The largest absolute Gasteiger partial charge is 0.370 e. The number of rotatable bonds is 7. The molecule has 2 unspecified atom stereocenters. The second-order valence-corrected chi connectivity index (χ2v) is 5.35. The molecular formula is C10H19N3O2S. The molecule has 3 atom stereocenters. The highest BCUT2D eigenvalue weighted by Crippen LogP contribution is 2.33. The van der Waals surface area contributed by atoms with E-state index in [-0.39, 0.29) is 18.0 Å². The Balaban J connectivity index is 2.26. The van der Waals surface area contributed by atoms with Gasteiger partial charge in [-0.2, -0.15) is 16.7 Å². The molecule has 1 fully saturated rings. The zero-order chi connectivity index (χ0) is 12.0. The summed E-state index contributed by atoms with van der Waals surface area (Å²) >= 11 is 1.79. The maximum Gasteiger partial charge on any atom is 0.217 e. The van der Waals surface area contributed by atoms with E-state index in [1.165, 1.54) is 0 Å². The molecule has 5 nitrogen and oxygen atoms in total. The Hall–Kier alpha value is -0.620. The van der Waals surface area contributed by atoms with Crippen LogP contribution in [0.2, 0.25) is 0 Å². The van der Waals surface area contributed by atoms with Crippen LogP contribution in [-0.2, 0) is 4.79 Å². The maximum absolute atomic E-state index is 10.8. The number of unbranched alkanes of at least 4 members (excludes halogenated alkanes) is 1. The average molecular weight is 245 g/mol. The number of nitrogens with zero attached hydrogens (tertiary/aromatic N) is 1. The molecule has 1 amide bonds. The van der Waals surface area contributed by atoms with E-state index in [9.17, 15) is 9.70 Å². The first-order valence-electron chi connectivity index (χ1n) is 5.58. The van der Waals surface area contributed by atoms with E-state index >= 15 is 0 Å². The van der Waals surface area contributed by atoms with Crippen molar-refractivity contribution in [2.24, 2.45) is 10.9 Å². The number of hydrogen-bond donors (Lipinski definition) is 2. The Morgan fingerprint density at radius 2 is 2.31 bits per heavy atom. The minimum atomic E-state index is -0.253. The van der Waals surface area contributed by atoms with E-state index in [0.29, 0.717) is 11.7 Å². The van der Waals surface area contributed by atoms with E-state index in [1.54, 1.807) is 11.8 Å². The fraction of sp³-hybridized carbons (Fsp3) is 0.900. The zero-order valence-corrected chi connectivity index (χ0v) is 10.3. The van der Waals surface area contributed by atoms with Crippen molar-refractivity contribution < 1.29 is 4.79 Å². The van der Waals surface area contributed by atoms with Crippen LogP contribution in [0.3, 0.4) is 0 Å². The molecule has 1 rings (SSSR count). The van der Waals surface area contributed by atoms with Gasteiger partial charge < -0.3 is 11.1 Å². The number of nitrogens with two attached hydrogens (primary N) is 1. The van der Waals surface area contributed by atoms with Gasteiger partial charge in [0.2, 0.25) is 5.91 Å². The fourth-order valence-corrected chi connectivity index (χ4v) is 3.57. The summed E-state index contributed by atoms with van der Waals surface area (Å²) in [7, 11) is 1.86. The normalized spacial score (nSPS) is 29.2. The third-order valence-corrected chi connectivity index (χ3v) is 4.43. The minimum absolute atomic E-state index is 0.136. The van der Waals surface area contributed by atoms with E-state index in [1.807, 2.05) is 7.05 Å². The molecule has 92 valence electrons. The van der Waals surface area contributed by atoms with Crippen molar-refractivity contribution in [3.8, 4) is 0 Å². The molecule has 0 aliphatic carbocycles. The molecule has 1 aliphatic rings. The molecule has 1 heterocycles. The Morgan fingerprint density at radius 1 is 1.56 bits per heavy atom. The van der Waals surface area contributed by atoms with E-state index in [4.69, 9.17) is 5.73 Å². The summed E-state index contributed by atoms with van der Waals surface area (Å²) in [5.74, 6) is 0.685. The molecule has 0 aromatic heterocycles. The van der Waals surface area contributed by atoms with E-state index in [2.05, 4.69) is 10.5 Å². The molecular weight excluding hydrogens is 226 g/mol. The third kappa shape index (κ3) is 3.75. The Kier molecular flexibility index (Phi) is 5.76. The summed E-state index contributed by atoms with van der Waals surface area (Å²) in [6, 6.07) is 0.0622. The Morgan fingerprint density at radius 3 is 2.88 bits per heavy atom. The summed E-state index contributed by atoms with van der Waals surface area (Å²) in [5.41, 5.74) is 5.06. The quantitative estimate of drug-likeness (QED) is 0.515. The van der Waals surface area contributed by atoms with Crippen LogP contribution in [0, 0.1) is 4.91 Å². The van der Waals surface area contributed by atoms with Gasteiger partial charge in [0.1, 0.15) is 6.04 Å². The van der Waals surface area contributed by atoms with Gasteiger partial charge in [-0.25, -0.2) is 0 Å². The molecule has 0 bridgehead atoms. The lowest BCUT2D eigenvalue weighted by molar-refractivity contribution is -0.118.